The first-order valence-corrected chi connectivity index (χ1v) is 7.67. The molecule has 3 heteroatoms. The minimum absolute atomic E-state index is 0.00207. The highest BCUT2D eigenvalue weighted by atomic mass is 32.1. The molecule has 2 atom stereocenters. The fraction of sp³-hybridized carbons (Fsp3) is 0.733. The summed E-state index contributed by atoms with van der Waals surface area (Å²) in [4.78, 5) is 0. The van der Waals surface area contributed by atoms with E-state index in [0.29, 0.717) is 12.0 Å². The van der Waals surface area contributed by atoms with Gasteiger partial charge in [0.25, 0.3) is 0 Å². The molecule has 2 nitrogen and oxygen atoms in total. The number of rotatable bonds is 4. The van der Waals surface area contributed by atoms with Crippen molar-refractivity contribution in [2.75, 3.05) is 7.05 Å². The van der Waals surface area contributed by atoms with Crippen molar-refractivity contribution in [2.24, 2.45) is 5.92 Å². The molecule has 1 aliphatic heterocycles. The summed E-state index contributed by atoms with van der Waals surface area (Å²) < 4.78 is 6.21. The molecule has 0 bridgehead atoms. The van der Waals surface area contributed by atoms with Gasteiger partial charge in [-0.1, -0.05) is 0 Å². The van der Waals surface area contributed by atoms with Gasteiger partial charge in [-0.15, -0.1) is 0 Å². The Morgan fingerprint density at radius 3 is 2.61 bits per heavy atom. The van der Waals surface area contributed by atoms with Crippen LogP contribution in [-0.2, 0) is 11.2 Å². The highest BCUT2D eigenvalue weighted by Gasteiger charge is 2.48. The van der Waals surface area contributed by atoms with Gasteiger partial charge in [-0.2, -0.15) is 11.3 Å². The van der Waals surface area contributed by atoms with Crippen LogP contribution in [0.1, 0.15) is 39.7 Å². The summed E-state index contributed by atoms with van der Waals surface area (Å²) in [7, 11) is 2.07. The number of hydrogen-bond acceptors (Lipinski definition) is 3. The van der Waals surface area contributed by atoms with Gasteiger partial charge in [0.1, 0.15) is 0 Å². The molecule has 1 N–H and O–H groups in total. The van der Waals surface area contributed by atoms with Crippen molar-refractivity contribution < 1.29 is 4.74 Å². The van der Waals surface area contributed by atoms with Crippen molar-refractivity contribution in [1.29, 1.82) is 0 Å². The number of nitrogens with one attached hydrogen (secondary N) is 1. The Kier molecular flexibility index (Phi) is 3.86. The molecule has 102 valence electrons. The third kappa shape index (κ3) is 2.95. The van der Waals surface area contributed by atoms with Crippen LogP contribution in [0.15, 0.2) is 16.8 Å². The lowest BCUT2D eigenvalue weighted by Gasteiger charge is -2.32. The van der Waals surface area contributed by atoms with Crippen LogP contribution in [-0.4, -0.2) is 24.3 Å². The van der Waals surface area contributed by atoms with Crippen molar-refractivity contribution in [1.82, 2.24) is 5.32 Å². The van der Waals surface area contributed by atoms with E-state index >= 15 is 0 Å². The average Bonchev–Trinajstić information content (AvgIpc) is 2.80. The van der Waals surface area contributed by atoms with E-state index in [2.05, 4.69) is 56.9 Å². The molecular weight excluding hydrogens is 242 g/mol. The minimum Gasteiger partial charge on any atom is -0.369 e. The fourth-order valence-corrected chi connectivity index (χ4v) is 4.02. The second-order valence-corrected chi connectivity index (χ2v) is 7.29. The quantitative estimate of drug-likeness (QED) is 0.902. The maximum atomic E-state index is 6.21. The second-order valence-electron chi connectivity index (χ2n) is 6.51. The molecule has 0 aromatic carbocycles. The largest absolute Gasteiger partial charge is 0.369 e. The van der Waals surface area contributed by atoms with E-state index in [9.17, 15) is 0 Å². The molecule has 2 rings (SSSR count). The van der Waals surface area contributed by atoms with Crippen LogP contribution in [0.25, 0.3) is 0 Å². The smallest absolute Gasteiger partial charge is 0.0677 e. The predicted octanol–water partition coefficient (Wildman–Crippen LogP) is 3.47. The first-order chi connectivity index (χ1) is 8.34. The molecular formula is C15H25NOS. The van der Waals surface area contributed by atoms with Crippen LogP contribution >= 0.6 is 11.3 Å². The van der Waals surface area contributed by atoms with Crippen molar-refractivity contribution in [3.63, 3.8) is 0 Å². The number of hydrogen-bond donors (Lipinski definition) is 1. The summed E-state index contributed by atoms with van der Waals surface area (Å²) in [5.41, 5.74) is 1.38. The van der Waals surface area contributed by atoms with Gasteiger partial charge >= 0.3 is 0 Å². The maximum absolute atomic E-state index is 6.21. The van der Waals surface area contributed by atoms with Crippen molar-refractivity contribution in [3.8, 4) is 0 Å². The summed E-state index contributed by atoms with van der Waals surface area (Å²) in [6.07, 6.45) is 2.21. The second kappa shape index (κ2) is 4.95. The summed E-state index contributed by atoms with van der Waals surface area (Å²) in [5, 5.41) is 7.90. The van der Waals surface area contributed by atoms with Crippen LogP contribution < -0.4 is 5.32 Å². The van der Waals surface area contributed by atoms with Gasteiger partial charge in [0.2, 0.25) is 0 Å². The predicted molar refractivity (Wildman–Crippen MR) is 78.2 cm³/mol. The normalized spacial score (nSPS) is 27.3. The zero-order chi connectivity index (χ0) is 13.4. The standard InChI is InChI=1S/C15H25NOS/c1-14(2)9-12(15(3,4)17-14)13(16-5)8-11-6-7-18-10-11/h6-7,10,12-13,16H,8-9H2,1-5H3. The van der Waals surface area contributed by atoms with E-state index in [0.717, 1.165) is 12.8 Å². The van der Waals surface area contributed by atoms with Crippen molar-refractivity contribution in [2.45, 2.75) is 57.8 Å². The van der Waals surface area contributed by atoms with Gasteiger partial charge in [0.15, 0.2) is 0 Å². The van der Waals surface area contributed by atoms with Crippen LogP contribution in [0.4, 0.5) is 0 Å². The molecule has 0 amide bonds. The summed E-state index contributed by atoms with van der Waals surface area (Å²) in [6, 6.07) is 2.71. The summed E-state index contributed by atoms with van der Waals surface area (Å²) >= 11 is 1.78. The third-order valence-corrected chi connectivity index (χ3v) is 4.77. The van der Waals surface area contributed by atoms with Gasteiger partial charge in [-0.25, -0.2) is 0 Å². The molecule has 0 radical (unpaired) electrons. The minimum atomic E-state index is -0.0484. The fourth-order valence-electron chi connectivity index (χ4n) is 3.34. The topological polar surface area (TPSA) is 21.3 Å². The van der Waals surface area contributed by atoms with Gasteiger partial charge in [0, 0.05) is 12.0 Å². The third-order valence-electron chi connectivity index (χ3n) is 4.04. The lowest BCUT2D eigenvalue weighted by Crippen LogP contribution is -2.44. The molecule has 1 aromatic rings. The highest BCUT2D eigenvalue weighted by Crippen LogP contribution is 2.44. The van der Waals surface area contributed by atoms with Gasteiger partial charge < -0.3 is 10.1 Å². The van der Waals surface area contributed by atoms with Gasteiger partial charge in [-0.05, 0) is 70.0 Å². The van der Waals surface area contributed by atoms with E-state index < -0.39 is 0 Å². The molecule has 1 saturated heterocycles. The van der Waals surface area contributed by atoms with Crippen LogP contribution in [0.2, 0.25) is 0 Å². The van der Waals surface area contributed by atoms with E-state index in [1.807, 2.05) is 0 Å². The van der Waals surface area contributed by atoms with E-state index in [1.165, 1.54) is 5.56 Å². The Bertz CT molecular complexity index is 383. The van der Waals surface area contributed by atoms with Crippen molar-refractivity contribution >= 4 is 11.3 Å². The average molecular weight is 267 g/mol. The monoisotopic (exact) mass is 267 g/mol. The molecule has 0 aliphatic carbocycles. The molecule has 0 spiro atoms. The first-order valence-electron chi connectivity index (χ1n) is 6.72. The van der Waals surface area contributed by atoms with Crippen LogP contribution in [0.5, 0.6) is 0 Å². The molecule has 1 fully saturated rings. The Hall–Kier alpha value is -0.380. The zero-order valence-corrected chi connectivity index (χ0v) is 12.9. The van der Waals surface area contributed by atoms with Gasteiger partial charge in [-0.3, -0.25) is 0 Å². The van der Waals surface area contributed by atoms with Crippen LogP contribution in [0, 0.1) is 5.92 Å². The van der Waals surface area contributed by atoms with Crippen molar-refractivity contribution in [3.05, 3.63) is 22.4 Å². The number of thiophene rings is 1. The lowest BCUT2D eigenvalue weighted by molar-refractivity contribution is -0.0774. The molecule has 2 unspecified atom stereocenters. The Labute approximate surface area is 115 Å². The molecule has 1 aromatic heterocycles. The summed E-state index contributed by atoms with van der Waals surface area (Å²) in [5.74, 6) is 0.553. The SMILES string of the molecule is CNC(Cc1ccsc1)C1CC(C)(C)OC1(C)C. The molecule has 18 heavy (non-hydrogen) atoms. The highest BCUT2D eigenvalue weighted by molar-refractivity contribution is 7.07. The molecule has 2 heterocycles. The number of ether oxygens (including phenoxy) is 1. The Balaban J connectivity index is 2.12. The van der Waals surface area contributed by atoms with Gasteiger partial charge in [0.05, 0.1) is 11.2 Å². The van der Waals surface area contributed by atoms with Crippen LogP contribution in [0.3, 0.4) is 0 Å². The Morgan fingerprint density at radius 1 is 1.44 bits per heavy atom. The zero-order valence-electron chi connectivity index (χ0n) is 12.1. The van der Waals surface area contributed by atoms with E-state index in [4.69, 9.17) is 4.74 Å². The van der Waals surface area contributed by atoms with E-state index in [-0.39, 0.29) is 11.2 Å². The molecule has 1 aliphatic rings. The first kappa shape index (κ1) is 14.0. The maximum Gasteiger partial charge on any atom is 0.0677 e. The number of likely N-dealkylation sites (N-methyl/N-ethyl adjacent to an activating group) is 1. The lowest BCUT2D eigenvalue weighted by atomic mass is 9.79. The van der Waals surface area contributed by atoms with E-state index in [1.54, 1.807) is 11.3 Å². The molecule has 0 saturated carbocycles. The Morgan fingerprint density at radius 2 is 2.17 bits per heavy atom. The summed E-state index contributed by atoms with van der Waals surface area (Å²) in [6.45, 7) is 8.85.